The number of nitrogens with zero attached hydrogens (tertiary/aromatic N) is 3. The zero-order valence-corrected chi connectivity index (χ0v) is 16.3. The zero-order chi connectivity index (χ0) is 19.1. The number of halogens is 1. The molecular weight excluding hydrogens is 373 g/mol. The zero-order valence-electron chi connectivity index (χ0n) is 15.5. The first-order valence-corrected chi connectivity index (χ1v) is 10.5. The van der Waals surface area contributed by atoms with Crippen LogP contribution in [0.3, 0.4) is 0 Å². The van der Waals surface area contributed by atoms with Gasteiger partial charge >= 0.3 is 0 Å². The summed E-state index contributed by atoms with van der Waals surface area (Å²) in [6.07, 6.45) is 2.87. The minimum absolute atomic E-state index is 0.0148. The van der Waals surface area contributed by atoms with E-state index >= 15 is 0 Å². The Bertz CT molecular complexity index is 1000. The summed E-state index contributed by atoms with van der Waals surface area (Å²) in [5, 5.41) is 1.08. The number of pyridine rings is 1. The monoisotopic (exact) mass is 393 g/mol. The van der Waals surface area contributed by atoms with Gasteiger partial charge in [-0.2, -0.15) is 0 Å². The average Bonchev–Trinajstić information content (AvgIpc) is 3.44. The third-order valence-electron chi connectivity index (χ3n) is 5.38. The summed E-state index contributed by atoms with van der Waals surface area (Å²) in [5.74, 6) is 2.41. The standard InChI is InChI=1S/C22H20FN3OS/c1-2-16-13-28-22-25-20(17-5-3-4-12-24-17)21(26(16)22)19-11-10-18(27-19)14-6-8-15(23)9-7-14/h3-12,16,20-21H,2,13H2,1H3/t16-,20-,21+/m1/s1. The van der Waals surface area contributed by atoms with Crippen LogP contribution in [-0.2, 0) is 0 Å². The average molecular weight is 393 g/mol. The maximum Gasteiger partial charge on any atom is 0.161 e. The number of amidine groups is 1. The summed E-state index contributed by atoms with van der Waals surface area (Å²) in [4.78, 5) is 12.0. The van der Waals surface area contributed by atoms with Crippen molar-refractivity contribution in [2.45, 2.75) is 31.5 Å². The van der Waals surface area contributed by atoms with Crippen molar-refractivity contribution in [2.24, 2.45) is 4.99 Å². The van der Waals surface area contributed by atoms with Gasteiger partial charge in [0.1, 0.15) is 29.4 Å². The van der Waals surface area contributed by atoms with Gasteiger partial charge in [0.25, 0.3) is 0 Å². The topological polar surface area (TPSA) is 41.6 Å². The van der Waals surface area contributed by atoms with Crippen LogP contribution in [0.5, 0.6) is 0 Å². The van der Waals surface area contributed by atoms with Crippen LogP contribution in [0.2, 0.25) is 0 Å². The molecule has 28 heavy (non-hydrogen) atoms. The van der Waals surface area contributed by atoms with Crippen LogP contribution in [0.4, 0.5) is 4.39 Å². The molecule has 0 amide bonds. The molecule has 4 heterocycles. The molecule has 1 fully saturated rings. The fourth-order valence-corrected chi connectivity index (χ4v) is 5.28. The van der Waals surface area contributed by atoms with Crippen molar-refractivity contribution in [3.63, 3.8) is 0 Å². The molecule has 1 aromatic carbocycles. The largest absolute Gasteiger partial charge is 0.459 e. The van der Waals surface area contributed by atoms with Gasteiger partial charge in [-0.1, -0.05) is 24.8 Å². The predicted octanol–water partition coefficient (Wildman–Crippen LogP) is 5.46. The van der Waals surface area contributed by atoms with Crippen LogP contribution >= 0.6 is 11.8 Å². The van der Waals surface area contributed by atoms with E-state index < -0.39 is 0 Å². The Hall–Kier alpha value is -2.60. The number of thioether (sulfide) groups is 1. The first-order valence-electron chi connectivity index (χ1n) is 9.50. The number of rotatable bonds is 4. The molecule has 1 saturated heterocycles. The van der Waals surface area contributed by atoms with Gasteiger partial charge in [0.05, 0.1) is 5.69 Å². The second-order valence-electron chi connectivity index (χ2n) is 7.05. The number of aromatic nitrogens is 1. The molecule has 0 saturated carbocycles. The first-order chi connectivity index (χ1) is 13.7. The predicted molar refractivity (Wildman–Crippen MR) is 110 cm³/mol. The van der Waals surface area contributed by atoms with Gasteiger partial charge in [-0.25, -0.2) is 9.38 Å². The van der Waals surface area contributed by atoms with Gasteiger partial charge in [0, 0.05) is 23.6 Å². The third-order valence-corrected chi connectivity index (χ3v) is 6.50. The highest BCUT2D eigenvalue weighted by Gasteiger charge is 2.46. The van der Waals surface area contributed by atoms with Crippen molar-refractivity contribution in [1.82, 2.24) is 9.88 Å². The third kappa shape index (κ3) is 2.92. The molecule has 0 spiro atoms. The quantitative estimate of drug-likeness (QED) is 0.590. The summed E-state index contributed by atoms with van der Waals surface area (Å²) < 4.78 is 19.5. The Labute approximate surface area is 167 Å². The van der Waals surface area contributed by atoms with Crippen LogP contribution in [-0.4, -0.2) is 26.8 Å². The Morgan fingerprint density at radius 3 is 2.75 bits per heavy atom. The molecule has 3 atom stereocenters. The highest BCUT2D eigenvalue weighted by molar-refractivity contribution is 8.14. The lowest BCUT2D eigenvalue weighted by Crippen LogP contribution is -2.35. The second-order valence-corrected chi connectivity index (χ2v) is 8.03. The number of furan rings is 1. The number of benzene rings is 1. The number of aliphatic imine (C=N–C) groups is 1. The Balaban J connectivity index is 1.55. The van der Waals surface area contributed by atoms with E-state index in [0.29, 0.717) is 6.04 Å². The van der Waals surface area contributed by atoms with E-state index in [1.165, 1.54) is 12.1 Å². The lowest BCUT2D eigenvalue weighted by Gasteiger charge is -2.30. The molecule has 142 valence electrons. The van der Waals surface area contributed by atoms with Crippen molar-refractivity contribution in [3.8, 4) is 11.3 Å². The minimum Gasteiger partial charge on any atom is -0.459 e. The second kappa shape index (κ2) is 7.09. The van der Waals surface area contributed by atoms with Crippen LogP contribution in [0.25, 0.3) is 11.3 Å². The maximum absolute atomic E-state index is 13.3. The van der Waals surface area contributed by atoms with Crippen molar-refractivity contribution in [3.05, 3.63) is 78.1 Å². The Kier molecular flexibility index (Phi) is 4.43. The molecule has 2 aliphatic heterocycles. The van der Waals surface area contributed by atoms with E-state index in [0.717, 1.165) is 40.1 Å². The van der Waals surface area contributed by atoms with Gasteiger partial charge in [-0.3, -0.25) is 4.98 Å². The van der Waals surface area contributed by atoms with Crippen LogP contribution in [0.1, 0.15) is 36.9 Å². The molecular formula is C22H20FN3OS. The Morgan fingerprint density at radius 2 is 2.00 bits per heavy atom. The van der Waals surface area contributed by atoms with Crippen LogP contribution in [0, 0.1) is 5.82 Å². The summed E-state index contributed by atoms with van der Waals surface area (Å²) in [6, 6.07) is 16.6. The highest BCUT2D eigenvalue weighted by atomic mass is 32.2. The molecule has 0 N–H and O–H groups in total. The summed E-state index contributed by atoms with van der Waals surface area (Å²) in [6.45, 7) is 2.21. The highest BCUT2D eigenvalue weighted by Crippen LogP contribution is 2.49. The summed E-state index contributed by atoms with van der Waals surface area (Å²) >= 11 is 1.81. The molecule has 6 heteroatoms. The number of hydrogen-bond acceptors (Lipinski definition) is 5. The van der Waals surface area contributed by atoms with E-state index in [1.807, 2.05) is 48.3 Å². The molecule has 0 aliphatic carbocycles. The van der Waals surface area contributed by atoms with Crippen molar-refractivity contribution in [2.75, 3.05) is 5.75 Å². The molecule has 4 nitrogen and oxygen atoms in total. The van der Waals surface area contributed by atoms with Crippen molar-refractivity contribution in [1.29, 1.82) is 0 Å². The fourth-order valence-electron chi connectivity index (χ4n) is 3.94. The van der Waals surface area contributed by atoms with Crippen molar-refractivity contribution >= 4 is 16.9 Å². The molecule has 2 aromatic heterocycles. The van der Waals surface area contributed by atoms with Crippen LogP contribution in [0.15, 0.2) is 70.2 Å². The normalized spacial score (nSPS) is 23.7. The lowest BCUT2D eigenvalue weighted by molar-refractivity contribution is 0.226. The molecule has 0 unspecified atom stereocenters. The molecule has 5 rings (SSSR count). The molecule has 0 bridgehead atoms. The summed E-state index contributed by atoms with van der Waals surface area (Å²) in [7, 11) is 0. The number of fused-ring (bicyclic) bond motifs is 1. The first kappa shape index (κ1) is 17.5. The molecule has 3 aromatic rings. The lowest BCUT2D eigenvalue weighted by atomic mass is 10.0. The molecule has 2 aliphatic rings. The fraction of sp³-hybridized carbons (Fsp3) is 0.273. The van der Waals surface area contributed by atoms with E-state index in [-0.39, 0.29) is 17.9 Å². The van der Waals surface area contributed by atoms with Gasteiger partial charge in [0.15, 0.2) is 5.17 Å². The van der Waals surface area contributed by atoms with E-state index in [1.54, 1.807) is 12.1 Å². The van der Waals surface area contributed by atoms with Gasteiger partial charge in [-0.05, 0) is 55.0 Å². The SMILES string of the molecule is CC[C@@H]1CSC2=N[C@H](c3ccccn3)[C@H](c3ccc(-c4ccc(F)cc4)o3)N21. The van der Waals surface area contributed by atoms with Crippen LogP contribution < -0.4 is 0 Å². The summed E-state index contributed by atoms with van der Waals surface area (Å²) in [5.41, 5.74) is 1.81. The van der Waals surface area contributed by atoms with E-state index in [2.05, 4.69) is 16.8 Å². The van der Waals surface area contributed by atoms with E-state index in [4.69, 9.17) is 9.41 Å². The van der Waals surface area contributed by atoms with Gasteiger partial charge < -0.3 is 9.32 Å². The van der Waals surface area contributed by atoms with E-state index in [9.17, 15) is 4.39 Å². The Morgan fingerprint density at radius 1 is 1.14 bits per heavy atom. The molecule has 0 radical (unpaired) electrons. The van der Waals surface area contributed by atoms with Gasteiger partial charge in [0.2, 0.25) is 0 Å². The van der Waals surface area contributed by atoms with Crippen molar-refractivity contribution < 1.29 is 8.81 Å². The number of hydrogen-bond donors (Lipinski definition) is 0. The maximum atomic E-state index is 13.3. The minimum atomic E-state index is -0.251. The smallest absolute Gasteiger partial charge is 0.161 e. The van der Waals surface area contributed by atoms with Gasteiger partial charge in [-0.15, -0.1) is 0 Å².